The Kier molecular flexibility index (Phi) is 3.99. The first-order chi connectivity index (χ1) is 9.29. The number of hydrogen-bond acceptors (Lipinski definition) is 4. The second-order valence-corrected chi connectivity index (χ2v) is 7.00. The predicted molar refractivity (Wildman–Crippen MR) is 72.1 cm³/mol. The van der Waals surface area contributed by atoms with Crippen molar-refractivity contribution in [1.82, 2.24) is 0 Å². The SMILES string of the molecule is CS(=O)(=O)c1ccc(N2CCC(C(=O)O)CC2)c(F)c1. The van der Waals surface area contributed by atoms with Crippen molar-refractivity contribution in [3.8, 4) is 0 Å². The molecule has 0 spiro atoms. The van der Waals surface area contributed by atoms with Gasteiger partial charge in [-0.2, -0.15) is 0 Å². The van der Waals surface area contributed by atoms with Crippen molar-refractivity contribution >= 4 is 21.5 Å². The summed E-state index contributed by atoms with van der Waals surface area (Å²) in [6, 6.07) is 3.82. The number of hydrogen-bond donors (Lipinski definition) is 1. The van der Waals surface area contributed by atoms with E-state index in [4.69, 9.17) is 5.11 Å². The lowest BCUT2D eigenvalue weighted by Gasteiger charge is -2.32. The average Bonchev–Trinajstić information content (AvgIpc) is 2.37. The minimum atomic E-state index is -3.43. The number of halogens is 1. The van der Waals surface area contributed by atoms with Crippen LogP contribution >= 0.6 is 0 Å². The molecule has 1 aliphatic rings. The van der Waals surface area contributed by atoms with Crippen molar-refractivity contribution in [1.29, 1.82) is 0 Å². The minimum absolute atomic E-state index is 0.0563. The van der Waals surface area contributed by atoms with Crippen LogP contribution in [0.25, 0.3) is 0 Å². The third kappa shape index (κ3) is 3.09. The topological polar surface area (TPSA) is 74.7 Å². The number of piperidine rings is 1. The second kappa shape index (κ2) is 5.40. The van der Waals surface area contributed by atoms with E-state index < -0.39 is 21.6 Å². The van der Waals surface area contributed by atoms with Crippen molar-refractivity contribution in [2.24, 2.45) is 5.92 Å². The lowest BCUT2D eigenvalue weighted by Crippen LogP contribution is -2.36. The highest BCUT2D eigenvalue weighted by Crippen LogP contribution is 2.27. The van der Waals surface area contributed by atoms with Gasteiger partial charge in [0.15, 0.2) is 9.84 Å². The molecule has 0 aliphatic carbocycles. The van der Waals surface area contributed by atoms with Crippen molar-refractivity contribution in [3.05, 3.63) is 24.0 Å². The maximum atomic E-state index is 14.0. The Balaban J connectivity index is 2.17. The smallest absolute Gasteiger partial charge is 0.306 e. The Hall–Kier alpha value is -1.63. The van der Waals surface area contributed by atoms with E-state index in [1.165, 1.54) is 12.1 Å². The molecule has 2 rings (SSSR count). The Morgan fingerprint density at radius 2 is 1.95 bits per heavy atom. The van der Waals surface area contributed by atoms with Gasteiger partial charge >= 0.3 is 5.97 Å². The van der Waals surface area contributed by atoms with Crippen LogP contribution in [0, 0.1) is 11.7 Å². The summed E-state index contributed by atoms with van der Waals surface area (Å²) < 4.78 is 36.7. The van der Waals surface area contributed by atoms with E-state index in [9.17, 15) is 17.6 Å². The third-order valence-electron chi connectivity index (χ3n) is 3.53. The molecule has 5 nitrogen and oxygen atoms in total. The quantitative estimate of drug-likeness (QED) is 0.916. The summed E-state index contributed by atoms with van der Waals surface area (Å²) in [7, 11) is -3.43. The van der Waals surface area contributed by atoms with E-state index in [2.05, 4.69) is 0 Å². The monoisotopic (exact) mass is 301 g/mol. The number of benzene rings is 1. The molecular formula is C13H16FNO4S. The molecule has 0 amide bonds. The molecule has 1 N–H and O–H groups in total. The zero-order valence-electron chi connectivity index (χ0n) is 11.0. The largest absolute Gasteiger partial charge is 0.481 e. The molecule has 110 valence electrons. The molecule has 7 heteroatoms. The van der Waals surface area contributed by atoms with Crippen molar-refractivity contribution in [2.75, 3.05) is 24.2 Å². The van der Waals surface area contributed by atoms with Crippen LogP contribution in [0.15, 0.2) is 23.1 Å². The van der Waals surface area contributed by atoms with Crippen molar-refractivity contribution in [2.45, 2.75) is 17.7 Å². The van der Waals surface area contributed by atoms with Gasteiger partial charge in [-0.3, -0.25) is 4.79 Å². The fraction of sp³-hybridized carbons (Fsp3) is 0.462. The molecule has 0 bridgehead atoms. The number of anilines is 1. The number of nitrogens with zero attached hydrogens (tertiary/aromatic N) is 1. The number of carboxylic acid groups (broad SMARTS) is 1. The summed E-state index contributed by atoms with van der Waals surface area (Å²) in [6.07, 6.45) is 1.95. The van der Waals surface area contributed by atoms with Crippen LogP contribution in [-0.4, -0.2) is 38.8 Å². The lowest BCUT2D eigenvalue weighted by molar-refractivity contribution is -0.142. The van der Waals surface area contributed by atoms with Gasteiger partial charge in [0.25, 0.3) is 0 Å². The predicted octanol–water partition coefficient (Wildman–Crippen LogP) is 1.53. The van der Waals surface area contributed by atoms with Gasteiger partial charge in [0, 0.05) is 19.3 Å². The first-order valence-electron chi connectivity index (χ1n) is 6.26. The van der Waals surface area contributed by atoms with Crippen LogP contribution in [0.3, 0.4) is 0 Å². The second-order valence-electron chi connectivity index (χ2n) is 4.98. The summed E-state index contributed by atoms with van der Waals surface area (Å²) >= 11 is 0. The van der Waals surface area contributed by atoms with E-state index in [0.29, 0.717) is 31.6 Å². The normalized spacial score (nSPS) is 17.2. The lowest BCUT2D eigenvalue weighted by atomic mass is 9.97. The molecule has 1 aromatic rings. The highest BCUT2D eigenvalue weighted by molar-refractivity contribution is 7.90. The number of sulfone groups is 1. The van der Waals surface area contributed by atoms with E-state index in [1.54, 1.807) is 4.90 Å². The molecule has 1 aromatic carbocycles. The first-order valence-corrected chi connectivity index (χ1v) is 8.15. The molecule has 0 unspecified atom stereocenters. The molecule has 1 heterocycles. The highest BCUT2D eigenvalue weighted by atomic mass is 32.2. The van der Waals surface area contributed by atoms with Crippen LogP contribution in [-0.2, 0) is 14.6 Å². The van der Waals surface area contributed by atoms with Crippen LogP contribution in [0.5, 0.6) is 0 Å². The molecule has 0 aromatic heterocycles. The molecule has 0 atom stereocenters. The van der Waals surface area contributed by atoms with Crippen LogP contribution < -0.4 is 4.90 Å². The highest BCUT2D eigenvalue weighted by Gasteiger charge is 2.26. The average molecular weight is 301 g/mol. The van der Waals surface area contributed by atoms with Gasteiger partial charge in [-0.1, -0.05) is 0 Å². The molecule has 1 aliphatic heterocycles. The van der Waals surface area contributed by atoms with Gasteiger partial charge in [-0.25, -0.2) is 12.8 Å². The summed E-state index contributed by atoms with van der Waals surface area (Å²) in [5, 5.41) is 8.92. The van der Waals surface area contributed by atoms with Gasteiger partial charge in [0.2, 0.25) is 0 Å². The van der Waals surface area contributed by atoms with Crippen LogP contribution in [0.4, 0.5) is 10.1 Å². The zero-order chi connectivity index (χ0) is 14.9. The summed E-state index contributed by atoms with van der Waals surface area (Å²) in [5.74, 6) is -1.80. The Labute approximate surface area is 116 Å². The number of rotatable bonds is 3. The summed E-state index contributed by atoms with van der Waals surface area (Å²) in [5.41, 5.74) is 0.321. The number of carboxylic acids is 1. The molecule has 0 saturated carbocycles. The van der Waals surface area contributed by atoms with E-state index in [0.717, 1.165) is 12.3 Å². The fourth-order valence-electron chi connectivity index (χ4n) is 2.34. The number of aliphatic carboxylic acids is 1. The molecule has 20 heavy (non-hydrogen) atoms. The van der Waals surface area contributed by atoms with Crippen molar-refractivity contribution < 1.29 is 22.7 Å². The number of carbonyl (C=O) groups is 1. The summed E-state index contributed by atoms with van der Waals surface area (Å²) in [6.45, 7) is 0.901. The Morgan fingerprint density at radius 3 is 2.40 bits per heavy atom. The molecule has 1 fully saturated rings. The minimum Gasteiger partial charge on any atom is -0.481 e. The fourth-order valence-corrected chi connectivity index (χ4v) is 2.97. The first kappa shape index (κ1) is 14.8. The van der Waals surface area contributed by atoms with Crippen LogP contribution in [0.1, 0.15) is 12.8 Å². The van der Waals surface area contributed by atoms with E-state index >= 15 is 0 Å². The van der Waals surface area contributed by atoms with Gasteiger partial charge in [-0.15, -0.1) is 0 Å². The van der Waals surface area contributed by atoms with Gasteiger partial charge in [0.05, 0.1) is 16.5 Å². The maximum Gasteiger partial charge on any atom is 0.306 e. The molecular weight excluding hydrogens is 285 g/mol. The third-order valence-corrected chi connectivity index (χ3v) is 4.64. The molecule has 1 saturated heterocycles. The van der Waals surface area contributed by atoms with Gasteiger partial charge < -0.3 is 10.0 Å². The van der Waals surface area contributed by atoms with E-state index in [-0.39, 0.29) is 10.8 Å². The Bertz CT molecular complexity index is 621. The van der Waals surface area contributed by atoms with Crippen molar-refractivity contribution in [3.63, 3.8) is 0 Å². The Morgan fingerprint density at radius 1 is 1.35 bits per heavy atom. The van der Waals surface area contributed by atoms with Gasteiger partial charge in [0.1, 0.15) is 5.82 Å². The zero-order valence-corrected chi connectivity index (χ0v) is 11.9. The summed E-state index contributed by atoms with van der Waals surface area (Å²) in [4.78, 5) is 12.6. The van der Waals surface area contributed by atoms with Crippen LogP contribution in [0.2, 0.25) is 0 Å². The van der Waals surface area contributed by atoms with Gasteiger partial charge in [-0.05, 0) is 31.0 Å². The molecule has 0 radical (unpaired) electrons. The maximum absolute atomic E-state index is 14.0. The van der Waals surface area contributed by atoms with E-state index in [1.807, 2.05) is 0 Å². The standard InChI is InChI=1S/C13H16FNO4S/c1-20(18,19)10-2-3-12(11(14)8-10)15-6-4-9(5-7-15)13(16)17/h2-3,8-9H,4-7H2,1H3,(H,16,17).